The summed E-state index contributed by atoms with van der Waals surface area (Å²) >= 11 is 3.13. The van der Waals surface area contributed by atoms with Crippen molar-refractivity contribution in [1.82, 2.24) is 4.98 Å². The predicted octanol–water partition coefficient (Wildman–Crippen LogP) is 3.70. The summed E-state index contributed by atoms with van der Waals surface area (Å²) in [5.74, 6) is -0.695. The van der Waals surface area contributed by atoms with Gasteiger partial charge >= 0.3 is 6.18 Å². The molecule has 1 heterocycles. The number of aromatic nitrogens is 1. The number of nitrogens with one attached hydrogen (secondary N) is 1. The maximum Gasteiger partial charge on any atom is 0.418 e. The largest absolute Gasteiger partial charge is 0.418 e. The van der Waals surface area contributed by atoms with Crippen LogP contribution in [-0.4, -0.2) is 10.9 Å². The first-order chi connectivity index (χ1) is 9.77. The molecule has 1 aromatic heterocycles. The predicted molar refractivity (Wildman–Crippen MR) is 75.7 cm³/mol. The van der Waals surface area contributed by atoms with Crippen LogP contribution in [-0.2, 0) is 6.18 Å². The highest BCUT2D eigenvalue weighted by Gasteiger charge is 2.34. The minimum absolute atomic E-state index is 0.0375. The van der Waals surface area contributed by atoms with E-state index in [0.29, 0.717) is 4.47 Å². The van der Waals surface area contributed by atoms with E-state index in [0.717, 1.165) is 12.1 Å². The van der Waals surface area contributed by atoms with Crippen LogP contribution in [0.25, 0.3) is 0 Å². The summed E-state index contributed by atoms with van der Waals surface area (Å²) in [7, 11) is 0. The summed E-state index contributed by atoms with van der Waals surface area (Å²) in [6.45, 7) is 0. The molecule has 1 aromatic carbocycles. The molecule has 0 saturated heterocycles. The summed E-state index contributed by atoms with van der Waals surface area (Å²) in [5.41, 5.74) is 4.09. The van der Waals surface area contributed by atoms with E-state index in [4.69, 9.17) is 5.73 Å². The van der Waals surface area contributed by atoms with Gasteiger partial charge in [0.25, 0.3) is 5.91 Å². The minimum atomic E-state index is -4.62. The SMILES string of the molecule is Nc1ccc(NC(=O)c2cncc(Br)c2)c(C(F)(F)F)c1. The van der Waals surface area contributed by atoms with Gasteiger partial charge in [-0.1, -0.05) is 0 Å². The number of hydrogen-bond donors (Lipinski definition) is 2. The fraction of sp³-hybridized carbons (Fsp3) is 0.0769. The second kappa shape index (κ2) is 5.72. The Kier molecular flexibility index (Phi) is 4.17. The topological polar surface area (TPSA) is 68.0 Å². The molecule has 3 N–H and O–H groups in total. The van der Waals surface area contributed by atoms with Gasteiger partial charge < -0.3 is 11.1 Å². The fourth-order valence-electron chi connectivity index (χ4n) is 1.64. The smallest absolute Gasteiger partial charge is 0.399 e. The second-order valence-electron chi connectivity index (χ2n) is 4.15. The van der Waals surface area contributed by atoms with Crippen molar-refractivity contribution in [2.45, 2.75) is 6.18 Å². The molecular weight excluding hydrogens is 351 g/mol. The molecule has 0 spiro atoms. The molecule has 0 atom stereocenters. The molecule has 110 valence electrons. The Morgan fingerprint density at radius 3 is 2.57 bits per heavy atom. The third-order valence-corrected chi connectivity index (χ3v) is 3.00. The van der Waals surface area contributed by atoms with Crippen molar-refractivity contribution < 1.29 is 18.0 Å². The first-order valence-electron chi connectivity index (χ1n) is 5.66. The zero-order valence-corrected chi connectivity index (χ0v) is 12.0. The lowest BCUT2D eigenvalue weighted by Gasteiger charge is -2.14. The molecule has 0 aliphatic carbocycles. The van der Waals surface area contributed by atoms with Gasteiger partial charge in [-0.05, 0) is 40.2 Å². The van der Waals surface area contributed by atoms with E-state index in [9.17, 15) is 18.0 Å². The highest BCUT2D eigenvalue weighted by atomic mass is 79.9. The first-order valence-corrected chi connectivity index (χ1v) is 6.45. The summed E-state index contributed by atoms with van der Waals surface area (Å²) in [6.07, 6.45) is -1.90. The maximum absolute atomic E-state index is 12.9. The van der Waals surface area contributed by atoms with Crippen LogP contribution in [0.4, 0.5) is 24.5 Å². The monoisotopic (exact) mass is 359 g/mol. The van der Waals surface area contributed by atoms with Crippen molar-refractivity contribution in [3.05, 3.63) is 52.3 Å². The van der Waals surface area contributed by atoms with Crippen molar-refractivity contribution in [1.29, 1.82) is 0 Å². The van der Waals surface area contributed by atoms with E-state index in [1.54, 1.807) is 0 Å². The molecule has 21 heavy (non-hydrogen) atoms. The molecule has 0 fully saturated rings. The number of carbonyl (C=O) groups excluding carboxylic acids is 1. The van der Waals surface area contributed by atoms with Crippen LogP contribution >= 0.6 is 15.9 Å². The van der Waals surface area contributed by atoms with Crippen LogP contribution in [0.5, 0.6) is 0 Å². The lowest BCUT2D eigenvalue weighted by Crippen LogP contribution is -2.17. The van der Waals surface area contributed by atoms with Gasteiger partial charge in [0.1, 0.15) is 0 Å². The molecule has 2 rings (SSSR count). The minimum Gasteiger partial charge on any atom is -0.399 e. The van der Waals surface area contributed by atoms with E-state index in [1.165, 1.54) is 24.5 Å². The quantitative estimate of drug-likeness (QED) is 0.803. The Hall–Kier alpha value is -2.09. The van der Waals surface area contributed by atoms with Crippen LogP contribution in [0.1, 0.15) is 15.9 Å². The Labute approximate surface area is 126 Å². The lowest BCUT2D eigenvalue weighted by atomic mass is 10.1. The molecule has 8 heteroatoms. The molecule has 0 aliphatic heterocycles. The summed E-state index contributed by atoms with van der Waals surface area (Å²) in [6, 6.07) is 4.62. The highest BCUT2D eigenvalue weighted by molar-refractivity contribution is 9.10. The van der Waals surface area contributed by atoms with Gasteiger partial charge in [0, 0.05) is 22.6 Å². The van der Waals surface area contributed by atoms with Gasteiger partial charge in [0.2, 0.25) is 0 Å². The number of carbonyl (C=O) groups is 1. The van der Waals surface area contributed by atoms with E-state index in [-0.39, 0.29) is 16.9 Å². The number of benzene rings is 1. The fourth-order valence-corrected chi connectivity index (χ4v) is 2.00. The van der Waals surface area contributed by atoms with Gasteiger partial charge in [-0.3, -0.25) is 9.78 Å². The van der Waals surface area contributed by atoms with Crippen LogP contribution < -0.4 is 11.1 Å². The molecule has 1 amide bonds. The van der Waals surface area contributed by atoms with Crippen LogP contribution in [0.2, 0.25) is 0 Å². The highest BCUT2D eigenvalue weighted by Crippen LogP contribution is 2.36. The normalized spacial score (nSPS) is 11.2. The number of hydrogen-bond acceptors (Lipinski definition) is 3. The van der Waals surface area contributed by atoms with Crippen LogP contribution in [0, 0.1) is 0 Å². The van der Waals surface area contributed by atoms with Crippen molar-refractivity contribution in [2.75, 3.05) is 11.1 Å². The van der Waals surface area contributed by atoms with Crippen molar-refractivity contribution >= 4 is 33.2 Å². The van der Waals surface area contributed by atoms with E-state index >= 15 is 0 Å². The Bertz CT molecular complexity index is 689. The van der Waals surface area contributed by atoms with Gasteiger partial charge in [0.05, 0.1) is 16.8 Å². The average Bonchev–Trinajstić information content (AvgIpc) is 2.39. The molecule has 4 nitrogen and oxygen atoms in total. The molecule has 0 bridgehead atoms. The number of amides is 1. The zero-order valence-electron chi connectivity index (χ0n) is 10.4. The van der Waals surface area contributed by atoms with Crippen LogP contribution in [0.15, 0.2) is 41.1 Å². The Morgan fingerprint density at radius 1 is 1.24 bits per heavy atom. The Morgan fingerprint density at radius 2 is 1.95 bits per heavy atom. The van der Waals surface area contributed by atoms with Crippen LogP contribution in [0.3, 0.4) is 0 Å². The van der Waals surface area contributed by atoms with Gasteiger partial charge in [-0.15, -0.1) is 0 Å². The summed E-state index contributed by atoms with van der Waals surface area (Å²) < 4.78 is 39.3. The van der Waals surface area contributed by atoms with Crippen molar-refractivity contribution in [2.24, 2.45) is 0 Å². The molecule has 0 aliphatic rings. The number of anilines is 2. The van der Waals surface area contributed by atoms with Crippen molar-refractivity contribution in [3.8, 4) is 0 Å². The van der Waals surface area contributed by atoms with Gasteiger partial charge in [0.15, 0.2) is 0 Å². The number of rotatable bonds is 2. The molecule has 0 unspecified atom stereocenters. The van der Waals surface area contributed by atoms with E-state index in [1.807, 2.05) is 0 Å². The third-order valence-electron chi connectivity index (χ3n) is 2.56. The lowest BCUT2D eigenvalue weighted by molar-refractivity contribution is -0.136. The zero-order chi connectivity index (χ0) is 15.6. The molecule has 0 saturated carbocycles. The number of halogens is 4. The number of alkyl halides is 3. The number of nitrogen functional groups attached to an aromatic ring is 1. The standard InChI is InChI=1S/C13H9BrF3N3O/c14-8-3-7(5-19-6-8)12(21)20-11-2-1-9(18)4-10(11)13(15,16)17/h1-6H,18H2,(H,20,21). The number of pyridine rings is 1. The first kappa shape index (κ1) is 15.3. The molecule has 2 aromatic rings. The maximum atomic E-state index is 12.9. The number of nitrogens with zero attached hydrogens (tertiary/aromatic N) is 1. The molecule has 0 radical (unpaired) electrons. The van der Waals surface area contributed by atoms with Crippen molar-refractivity contribution in [3.63, 3.8) is 0 Å². The van der Waals surface area contributed by atoms with E-state index < -0.39 is 17.6 Å². The summed E-state index contributed by atoms with van der Waals surface area (Å²) in [4.78, 5) is 15.7. The third kappa shape index (κ3) is 3.72. The summed E-state index contributed by atoms with van der Waals surface area (Å²) in [5, 5.41) is 2.21. The van der Waals surface area contributed by atoms with Gasteiger partial charge in [-0.2, -0.15) is 13.2 Å². The Balaban J connectivity index is 2.34. The second-order valence-corrected chi connectivity index (χ2v) is 5.06. The van der Waals surface area contributed by atoms with E-state index in [2.05, 4.69) is 26.2 Å². The average molecular weight is 360 g/mol. The number of nitrogens with two attached hydrogens (primary N) is 1. The van der Waals surface area contributed by atoms with Gasteiger partial charge in [-0.25, -0.2) is 0 Å². The molecular formula is C13H9BrF3N3O.